The molecule has 0 radical (unpaired) electrons. The molecule has 18 heavy (non-hydrogen) atoms. The number of hydrogen-bond donors (Lipinski definition) is 2. The topological polar surface area (TPSA) is 55.1 Å². The van der Waals surface area contributed by atoms with Gasteiger partial charge in [0.2, 0.25) is 5.91 Å². The zero-order valence-corrected chi connectivity index (χ0v) is 11.5. The fourth-order valence-electron chi connectivity index (χ4n) is 2.42. The van der Waals surface area contributed by atoms with Crippen LogP contribution >= 0.6 is 23.2 Å². The quantitative estimate of drug-likeness (QED) is 0.894. The summed E-state index contributed by atoms with van der Waals surface area (Å²) in [7, 11) is 0. The molecule has 0 aliphatic heterocycles. The highest BCUT2D eigenvalue weighted by Crippen LogP contribution is 2.31. The average molecular weight is 287 g/mol. The Morgan fingerprint density at radius 3 is 2.33 bits per heavy atom. The summed E-state index contributed by atoms with van der Waals surface area (Å²) in [6, 6.07) is 4.88. The monoisotopic (exact) mass is 286 g/mol. The number of hydrogen-bond acceptors (Lipinski definition) is 2. The molecule has 0 spiro atoms. The lowest BCUT2D eigenvalue weighted by atomic mass is 10.0. The van der Waals surface area contributed by atoms with E-state index in [9.17, 15) is 4.79 Å². The number of carbonyl (C=O) groups is 1. The second-order valence-electron chi connectivity index (χ2n) is 4.62. The molecule has 0 bridgehead atoms. The van der Waals surface area contributed by atoms with Gasteiger partial charge in [0.25, 0.3) is 0 Å². The summed E-state index contributed by atoms with van der Waals surface area (Å²) < 4.78 is 0. The van der Waals surface area contributed by atoms with Crippen molar-refractivity contribution >= 4 is 29.1 Å². The SMILES string of the molecule is NC(=O)C(NC1CCCC1)c1c(Cl)cccc1Cl. The van der Waals surface area contributed by atoms with Crippen molar-refractivity contribution in [1.82, 2.24) is 5.32 Å². The molecule has 98 valence electrons. The van der Waals surface area contributed by atoms with Crippen molar-refractivity contribution in [1.29, 1.82) is 0 Å². The van der Waals surface area contributed by atoms with E-state index in [-0.39, 0.29) is 0 Å². The van der Waals surface area contributed by atoms with Crippen LogP contribution in [-0.2, 0) is 4.79 Å². The molecule has 1 amide bonds. The number of primary amides is 1. The van der Waals surface area contributed by atoms with Gasteiger partial charge in [-0.1, -0.05) is 42.1 Å². The van der Waals surface area contributed by atoms with E-state index in [0.717, 1.165) is 12.8 Å². The van der Waals surface area contributed by atoms with Crippen LogP contribution in [0.25, 0.3) is 0 Å². The Labute approximate surface area is 117 Å². The maximum absolute atomic E-state index is 11.6. The van der Waals surface area contributed by atoms with Crippen molar-refractivity contribution in [3.8, 4) is 0 Å². The zero-order valence-electron chi connectivity index (χ0n) is 9.96. The minimum Gasteiger partial charge on any atom is -0.368 e. The summed E-state index contributed by atoms with van der Waals surface area (Å²) in [6.07, 6.45) is 4.48. The van der Waals surface area contributed by atoms with E-state index in [1.807, 2.05) is 0 Å². The molecule has 1 atom stereocenters. The van der Waals surface area contributed by atoms with Gasteiger partial charge in [0.15, 0.2) is 0 Å². The summed E-state index contributed by atoms with van der Waals surface area (Å²) in [5.74, 6) is -0.447. The Morgan fingerprint density at radius 2 is 1.83 bits per heavy atom. The molecule has 3 N–H and O–H groups in total. The highest BCUT2D eigenvalue weighted by atomic mass is 35.5. The van der Waals surface area contributed by atoms with Gasteiger partial charge >= 0.3 is 0 Å². The first-order valence-electron chi connectivity index (χ1n) is 6.09. The number of carbonyl (C=O) groups excluding carboxylic acids is 1. The molecule has 0 aromatic heterocycles. The van der Waals surface area contributed by atoms with E-state index in [1.165, 1.54) is 12.8 Å². The second kappa shape index (κ2) is 5.91. The van der Waals surface area contributed by atoms with Crippen LogP contribution in [0.4, 0.5) is 0 Å². The zero-order chi connectivity index (χ0) is 13.1. The lowest BCUT2D eigenvalue weighted by Gasteiger charge is -2.22. The van der Waals surface area contributed by atoms with Crippen LogP contribution in [0.3, 0.4) is 0 Å². The number of rotatable bonds is 4. The van der Waals surface area contributed by atoms with E-state index >= 15 is 0 Å². The Bertz CT molecular complexity index is 424. The molecule has 3 nitrogen and oxygen atoms in total. The van der Waals surface area contributed by atoms with Gasteiger partial charge in [0.1, 0.15) is 6.04 Å². The van der Waals surface area contributed by atoms with Crippen molar-refractivity contribution in [3.05, 3.63) is 33.8 Å². The summed E-state index contributed by atoms with van der Waals surface area (Å²) >= 11 is 12.2. The number of nitrogens with one attached hydrogen (secondary N) is 1. The van der Waals surface area contributed by atoms with Crippen LogP contribution in [0.2, 0.25) is 10.0 Å². The van der Waals surface area contributed by atoms with Crippen LogP contribution in [-0.4, -0.2) is 11.9 Å². The van der Waals surface area contributed by atoms with Gasteiger partial charge in [-0.3, -0.25) is 10.1 Å². The third-order valence-electron chi connectivity index (χ3n) is 3.33. The Morgan fingerprint density at radius 1 is 1.28 bits per heavy atom. The first-order valence-corrected chi connectivity index (χ1v) is 6.84. The lowest BCUT2D eigenvalue weighted by Crippen LogP contribution is -2.39. The molecule has 1 saturated carbocycles. The van der Waals surface area contributed by atoms with Gasteiger partial charge in [0.05, 0.1) is 0 Å². The Hall–Kier alpha value is -0.770. The molecule has 1 unspecified atom stereocenters. The summed E-state index contributed by atoms with van der Waals surface area (Å²) in [4.78, 5) is 11.6. The van der Waals surface area contributed by atoms with Crippen molar-refractivity contribution < 1.29 is 4.79 Å². The van der Waals surface area contributed by atoms with Crippen LogP contribution in [0.15, 0.2) is 18.2 Å². The smallest absolute Gasteiger partial charge is 0.239 e. The first-order chi connectivity index (χ1) is 8.59. The van der Waals surface area contributed by atoms with E-state index in [2.05, 4.69) is 5.32 Å². The summed E-state index contributed by atoms with van der Waals surface area (Å²) in [5.41, 5.74) is 6.05. The fraction of sp³-hybridized carbons (Fsp3) is 0.462. The van der Waals surface area contributed by atoms with Gasteiger partial charge in [-0.05, 0) is 25.0 Å². The van der Waals surface area contributed by atoms with Crippen molar-refractivity contribution in [2.24, 2.45) is 5.73 Å². The van der Waals surface area contributed by atoms with Gasteiger partial charge in [-0.15, -0.1) is 0 Å². The van der Waals surface area contributed by atoms with Crippen LogP contribution in [0.5, 0.6) is 0 Å². The minimum atomic E-state index is -0.616. The number of benzene rings is 1. The van der Waals surface area contributed by atoms with Crippen LogP contribution < -0.4 is 11.1 Å². The van der Waals surface area contributed by atoms with E-state index in [1.54, 1.807) is 18.2 Å². The fourth-order valence-corrected chi connectivity index (χ4v) is 3.04. The molecule has 1 aliphatic carbocycles. The Balaban J connectivity index is 2.26. The van der Waals surface area contributed by atoms with Crippen LogP contribution in [0.1, 0.15) is 37.3 Å². The highest BCUT2D eigenvalue weighted by Gasteiger charge is 2.27. The maximum atomic E-state index is 11.6. The third-order valence-corrected chi connectivity index (χ3v) is 3.99. The number of amides is 1. The molecular formula is C13H16Cl2N2O. The standard InChI is InChI=1S/C13H16Cl2N2O/c14-9-6-3-7-10(15)11(9)12(13(16)18)17-8-4-1-2-5-8/h3,6-8,12,17H,1-2,4-5H2,(H2,16,18). The van der Waals surface area contributed by atoms with Gasteiger partial charge in [-0.2, -0.15) is 0 Å². The van der Waals surface area contributed by atoms with Gasteiger partial charge < -0.3 is 5.73 Å². The predicted octanol–water partition coefficient (Wildman–Crippen LogP) is 3.05. The van der Waals surface area contributed by atoms with Crippen molar-refractivity contribution in [2.75, 3.05) is 0 Å². The van der Waals surface area contributed by atoms with Crippen molar-refractivity contribution in [3.63, 3.8) is 0 Å². The maximum Gasteiger partial charge on any atom is 0.239 e. The number of nitrogens with two attached hydrogens (primary N) is 1. The highest BCUT2D eigenvalue weighted by molar-refractivity contribution is 6.36. The second-order valence-corrected chi connectivity index (χ2v) is 5.43. The molecule has 0 saturated heterocycles. The molecule has 0 heterocycles. The molecule has 1 fully saturated rings. The van der Waals surface area contributed by atoms with E-state index < -0.39 is 11.9 Å². The molecule has 1 aromatic rings. The minimum absolute atomic E-state index is 0.315. The Kier molecular flexibility index (Phi) is 4.49. The molecule has 2 rings (SSSR count). The lowest BCUT2D eigenvalue weighted by molar-refractivity contribution is -0.120. The third kappa shape index (κ3) is 2.97. The molecule has 1 aromatic carbocycles. The van der Waals surface area contributed by atoms with Gasteiger partial charge in [0, 0.05) is 21.7 Å². The molecular weight excluding hydrogens is 271 g/mol. The normalized spacial score (nSPS) is 17.9. The number of halogens is 2. The van der Waals surface area contributed by atoms with Crippen LogP contribution in [0, 0.1) is 0 Å². The molecule has 1 aliphatic rings. The molecule has 5 heteroatoms. The summed E-state index contributed by atoms with van der Waals surface area (Å²) in [5, 5.41) is 4.21. The van der Waals surface area contributed by atoms with Crippen molar-refractivity contribution in [2.45, 2.75) is 37.8 Å². The van der Waals surface area contributed by atoms with Gasteiger partial charge in [-0.25, -0.2) is 0 Å². The largest absolute Gasteiger partial charge is 0.368 e. The summed E-state index contributed by atoms with van der Waals surface area (Å²) in [6.45, 7) is 0. The average Bonchev–Trinajstić information content (AvgIpc) is 2.80. The predicted molar refractivity (Wildman–Crippen MR) is 73.8 cm³/mol. The first kappa shape index (κ1) is 13.7. The van der Waals surface area contributed by atoms with E-state index in [4.69, 9.17) is 28.9 Å². The van der Waals surface area contributed by atoms with E-state index in [0.29, 0.717) is 21.7 Å².